The number of carbonyl (C=O) groups is 1. The van der Waals surface area contributed by atoms with Gasteiger partial charge >= 0.3 is 0 Å². The second kappa shape index (κ2) is 8.72. The Morgan fingerprint density at radius 2 is 1.90 bits per heavy atom. The molecule has 3 aromatic rings. The van der Waals surface area contributed by atoms with Gasteiger partial charge in [-0.2, -0.15) is 5.10 Å². The van der Waals surface area contributed by atoms with Crippen molar-refractivity contribution in [2.24, 2.45) is 0 Å². The third kappa shape index (κ3) is 4.53. The van der Waals surface area contributed by atoms with E-state index in [0.717, 1.165) is 30.1 Å². The summed E-state index contributed by atoms with van der Waals surface area (Å²) in [5.74, 6) is 1.19. The lowest BCUT2D eigenvalue weighted by molar-refractivity contribution is -0.116. The number of benzene rings is 1. The molecule has 1 aliphatic rings. The highest BCUT2D eigenvalue weighted by molar-refractivity contribution is 5.90. The number of nitrogens with zero attached hydrogens (tertiary/aromatic N) is 5. The highest BCUT2D eigenvalue weighted by atomic mass is 16.5. The van der Waals surface area contributed by atoms with Gasteiger partial charge in [0.1, 0.15) is 5.75 Å². The lowest BCUT2D eigenvalue weighted by Crippen LogP contribution is -2.18. The first-order valence-corrected chi connectivity index (χ1v) is 9.77. The molecule has 0 spiro atoms. The number of aryl methyl sites for hydroxylation is 1. The van der Waals surface area contributed by atoms with Gasteiger partial charge in [-0.15, -0.1) is 0 Å². The summed E-state index contributed by atoms with van der Waals surface area (Å²) < 4.78 is 6.89. The van der Waals surface area contributed by atoms with Crippen LogP contribution < -0.4 is 15.0 Å². The fraction of sp³-hybridized carbons (Fsp3) is 0.333. The van der Waals surface area contributed by atoms with E-state index in [1.165, 1.54) is 12.8 Å². The van der Waals surface area contributed by atoms with E-state index in [-0.39, 0.29) is 5.91 Å². The zero-order valence-corrected chi connectivity index (χ0v) is 16.4. The van der Waals surface area contributed by atoms with Crippen LogP contribution in [0.15, 0.2) is 49.1 Å². The first-order valence-electron chi connectivity index (χ1n) is 9.77. The second-order valence-corrected chi connectivity index (χ2v) is 6.97. The number of methoxy groups -OCH3 is 1. The van der Waals surface area contributed by atoms with Crippen LogP contribution in [-0.2, 0) is 11.2 Å². The highest BCUT2D eigenvalue weighted by Gasteiger charge is 2.14. The van der Waals surface area contributed by atoms with Crippen molar-refractivity contribution in [3.8, 4) is 11.7 Å². The van der Waals surface area contributed by atoms with Crippen LogP contribution in [0, 0.1) is 0 Å². The molecule has 8 heteroatoms. The number of aromatic nitrogens is 4. The molecule has 0 aliphatic carbocycles. The SMILES string of the molecule is COc1ccccc1CCC(=O)Nc1cnn(-c2ncc(N3CCCC3)cn2)c1. The number of para-hydroxylation sites is 1. The van der Waals surface area contributed by atoms with Crippen molar-refractivity contribution in [3.05, 3.63) is 54.6 Å². The van der Waals surface area contributed by atoms with E-state index < -0.39 is 0 Å². The molecule has 1 N–H and O–H groups in total. The molecule has 1 aliphatic heterocycles. The van der Waals surface area contributed by atoms with Gasteiger partial charge in [0.25, 0.3) is 5.95 Å². The predicted molar refractivity (Wildman–Crippen MR) is 111 cm³/mol. The summed E-state index contributed by atoms with van der Waals surface area (Å²) in [4.78, 5) is 23.4. The molecule has 0 saturated carbocycles. The summed E-state index contributed by atoms with van der Waals surface area (Å²) in [6, 6.07) is 7.71. The summed E-state index contributed by atoms with van der Waals surface area (Å²) in [6.07, 6.45) is 10.3. The van der Waals surface area contributed by atoms with Crippen LogP contribution in [-0.4, -0.2) is 45.9 Å². The molecule has 0 unspecified atom stereocenters. The van der Waals surface area contributed by atoms with Crippen LogP contribution in [0.25, 0.3) is 5.95 Å². The Balaban J connectivity index is 1.34. The molecule has 0 bridgehead atoms. The quantitative estimate of drug-likeness (QED) is 0.666. The minimum Gasteiger partial charge on any atom is -0.496 e. The van der Waals surface area contributed by atoms with E-state index in [4.69, 9.17) is 4.74 Å². The maximum Gasteiger partial charge on any atom is 0.250 e. The molecule has 150 valence electrons. The molecule has 1 amide bonds. The van der Waals surface area contributed by atoms with Crippen LogP contribution in [0.2, 0.25) is 0 Å². The highest BCUT2D eigenvalue weighted by Crippen LogP contribution is 2.20. The van der Waals surface area contributed by atoms with E-state index >= 15 is 0 Å². The van der Waals surface area contributed by atoms with Crippen molar-refractivity contribution in [1.29, 1.82) is 0 Å². The van der Waals surface area contributed by atoms with Gasteiger partial charge in [-0.3, -0.25) is 4.79 Å². The van der Waals surface area contributed by atoms with E-state index in [1.807, 2.05) is 36.7 Å². The van der Waals surface area contributed by atoms with Gasteiger partial charge in [0, 0.05) is 19.5 Å². The lowest BCUT2D eigenvalue weighted by Gasteiger charge is -2.16. The largest absolute Gasteiger partial charge is 0.496 e. The van der Waals surface area contributed by atoms with Gasteiger partial charge in [-0.05, 0) is 30.9 Å². The molecular weight excluding hydrogens is 368 g/mol. The fourth-order valence-corrected chi connectivity index (χ4v) is 3.45. The van der Waals surface area contributed by atoms with Crippen molar-refractivity contribution < 1.29 is 9.53 Å². The predicted octanol–water partition coefficient (Wildman–Crippen LogP) is 2.84. The Hall–Kier alpha value is -3.42. The standard InChI is InChI=1S/C21H24N6O2/c1-29-19-7-3-2-6-16(19)8-9-20(28)25-17-12-24-27(15-17)21-22-13-18(14-23-21)26-10-4-5-11-26/h2-3,6-7,12-15H,4-5,8-11H2,1H3,(H,25,28). The van der Waals surface area contributed by atoms with E-state index in [1.54, 1.807) is 24.2 Å². The zero-order chi connectivity index (χ0) is 20.1. The van der Waals surface area contributed by atoms with Crippen LogP contribution >= 0.6 is 0 Å². The summed E-state index contributed by atoms with van der Waals surface area (Å²) in [5, 5.41) is 7.12. The molecule has 3 heterocycles. The Morgan fingerprint density at radius 3 is 2.66 bits per heavy atom. The average Bonchev–Trinajstić information content (AvgIpc) is 3.45. The number of rotatable bonds is 7. The van der Waals surface area contributed by atoms with Gasteiger partial charge in [-0.25, -0.2) is 14.6 Å². The topological polar surface area (TPSA) is 85.2 Å². The van der Waals surface area contributed by atoms with Crippen molar-refractivity contribution in [1.82, 2.24) is 19.7 Å². The maximum atomic E-state index is 12.3. The minimum absolute atomic E-state index is 0.0826. The van der Waals surface area contributed by atoms with Crippen molar-refractivity contribution in [3.63, 3.8) is 0 Å². The molecule has 29 heavy (non-hydrogen) atoms. The van der Waals surface area contributed by atoms with Gasteiger partial charge in [0.05, 0.1) is 43.3 Å². The second-order valence-electron chi connectivity index (χ2n) is 6.97. The Kier molecular flexibility index (Phi) is 5.69. The number of carbonyl (C=O) groups excluding carboxylic acids is 1. The Bertz CT molecular complexity index is 963. The third-order valence-corrected chi connectivity index (χ3v) is 4.98. The number of nitrogens with one attached hydrogen (secondary N) is 1. The van der Waals surface area contributed by atoms with Crippen molar-refractivity contribution in [2.75, 3.05) is 30.4 Å². The first-order chi connectivity index (χ1) is 14.2. The van der Waals surface area contributed by atoms with Gasteiger partial charge in [0.2, 0.25) is 5.91 Å². The van der Waals surface area contributed by atoms with Crippen LogP contribution in [0.3, 0.4) is 0 Å². The summed E-state index contributed by atoms with van der Waals surface area (Å²) in [6.45, 7) is 2.10. The number of anilines is 2. The summed E-state index contributed by atoms with van der Waals surface area (Å²) in [5.41, 5.74) is 2.65. The fourth-order valence-electron chi connectivity index (χ4n) is 3.45. The van der Waals surface area contributed by atoms with Crippen molar-refractivity contribution in [2.45, 2.75) is 25.7 Å². The molecule has 4 rings (SSSR count). The molecule has 1 fully saturated rings. The number of amides is 1. The summed E-state index contributed by atoms with van der Waals surface area (Å²) >= 11 is 0. The van der Waals surface area contributed by atoms with Gasteiger partial charge in [0.15, 0.2) is 0 Å². The molecule has 8 nitrogen and oxygen atoms in total. The Labute approximate surface area is 169 Å². The number of ether oxygens (including phenoxy) is 1. The van der Waals surface area contributed by atoms with Gasteiger partial charge < -0.3 is 15.0 Å². The number of hydrogen-bond donors (Lipinski definition) is 1. The molecule has 1 aromatic carbocycles. The van der Waals surface area contributed by atoms with E-state index in [0.29, 0.717) is 24.5 Å². The normalized spacial score (nSPS) is 13.5. The minimum atomic E-state index is -0.0826. The molecule has 0 radical (unpaired) electrons. The van der Waals surface area contributed by atoms with Crippen LogP contribution in [0.4, 0.5) is 11.4 Å². The van der Waals surface area contributed by atoms with E-state index in [2.05, 4.69) is 25.3 Å². The maximum absolute atomic E-state index is 12.3. The van der Waals surface area contributed by atoms with Crippen molar-refractivity contribution >= 4 is 17.3 Å². The van der Waals surface area contributed by atoms with Crippen LogP contribution in [0.5, 0.6) is 5.75 Å². The average molecular weight is 392 g/mol. The third-order valence-electron chi connectivity index (χ3n) is 4.98. The monoisotopic (exact) mass is 392 g/mol. The Morgan fingerprint density at radius 1 is 1.14 bits per heavy atom. The first kappa shape index (κ1) is 18.9. The number of hydrogen-bond acceptors (Lipinski definition) is 6. The molecule has 0 atom stereocenters. The molecule has 1 saturated heterocycles. The van der Waals surface area contributed by atoms with Crippen LogP contribution in [0.1, 0.15) is 24.8 Å². The lowest BCUT2D eigenvalue weighted by atomic mass is 10.1. The molecule has 2 aromatic heterocycles. The van der Waals surface area contributed by atoms with Gasteiger partial charge in [-0.1, -0.05) is 18.2 Å². The molecular formula is C21H24N6O2. The zero-order valence-electron chi connectivity index (χ0n) is 16.4. The smallest absolute Gasteiger partial charge is 0.250 e. The summed E-state index contributed by atoms with van der Waals surface area (Å²) in [7, 11) is 1.63. The van der Waals surface area contributed by atoms with E-state index in [9.17, 15) is 4.79 Å².